The third kappa shape index (κ3) is 5.78. The Morgan fingerprint density at radius 2 is 1.89 bits per heavy atom. The van der Waals surface area contributed by atoms with Gasteiger partial charge in [-0.25, -0.2) is 4.39 Å². The first kappa shape index (κ1) is 20.9. The van der Waals surface area contributed by atoms with E-state index in [4.69, 9.17) is 16.9 Å². The Morgan fingerprint density at radius 3 is 2.48 bits per heavy atom. The lowest BCUT2D eigenvalue weighted by Gasteiger charge is -2.26. The van der Waals surface area contributed by atoms with Gasteiger partial charge in [0.25, 0.3) is 0 Å². The second-order valence-electron chi connectivity index (χ2n) is 6.67. The number of benzene rings is 2. The van der Waals surface area contributed by atoms with Crippen molar-refractivity contribution in [2.24, 2.45) is 0 Å². The van der Waals surface area contributed by atoms with Crippen LogP contribution in [-0.2, 0) is 11.3 Å². The molecular formula is C21H23ClFN3O. The summed E-state index contributed by atoms with van der Waals surface area (Å²) < 4.78 is 14.0. The van der Waals surface area contributed by atoms with Gasteiger partial charge in [-0.3, -0.25) is 9.69 Å². The van der Waals surface area contributed by atoms with Gasteiger partial charge < -0.3 is 4.90 Å². The Morgan fingerprint density at radius 1 is 1.22 bits per heavy atom. The van der Waals surface area contributed by atoms with Crippen LogP contribution in [0.4, 0.5) is 10.1 Å². The topological polar surface area (TPSA) is 47.3 Å². The maximum absolute atomic E-state index is 14.0. The highest BCUT2D eigenvalue weighted by molar-refractivity contribution is 6.31. The Labute approximate surface area is 164 Å². The Bertz CT molecular complexity index is 822. The fourth-order valence-electron chi connectivity index (χ4n) is 2.99. The van der Waals surface area contributed by atoms with E-state index >= 15 is 0 Å². The van der Waals surface area contributed by atoms with Crippen LogP contribution in [0.3, 0.4) is 0 Å². The zero-order valence-electron chi connectivity index (χ0n) is 15.8. The molecule has 0 aliphatic heterocycles. The smallest absolute Gasteiger partial charge is 0.241 e. The summed E-state index contributed by atoms with van der Waals surface area (Å²) in [6.45, 7) is 4.55. The zero-order chi connectivity index (χ0) is 20.0. The number of nitriles is 1. The molecule has 0 atom stereocenters. The van der Waals surface area contributed by atoms with Crippen molar-refractivity contribution >= 4 is 23.2 Å². The molecule has 0 bridgehead atoms. The summed E-state index contributed by atoms with van der Waals surface area (Å²) in [5.41, 5.74) is 3.23. The van der Waals surface area contributed by atoms with E-state index in [1.165, 1.54) is 6.07 Å². The van der Waals surface area contributed by atoms with Crippen molar-refractivity contribution in [3.05, 3.63) is 63.9 Å². The van der Waals surface area contributed by atoms with Gasteiger partial charge >= 0.3 is 0 Å². The number of halogens is 2. The summed E-state index contributed by atoms with van der Waals surface area (Å²) in [5.74, 6) is -0.539. The molecule has 27 heavy (non-hydrogen) atoms. The van der Waals surface area contributed by atoms with E-state index in [9.17, 15) is 9.18 Å². The number of hydrogen-bond donors (Lipinski definition) is 0. The van der Waals surface area contributed by atoms with Crippen molar-refractivity contribution in [3.8, 4) is 6.07 Å². The second kappa shape index (κ2) is 9.50. The number of carbonyl (C=O) groups is 1. The van der Waals surface area contributed by atoms with Gasteiger partial charge in [0.1, 0.15) is 5.82 Å². The van der Waals surface area contributed by atoms with Gasteiger partial charge in [0.05, 0.1) is 19.0 Å². The normalized spacial score (nSPS) is 10.7. The standard InChI is InChI=1S/C21H23ClFN3O/c1-15-10-16(2)12-17(11-15)26(9-5-8-24)21(27)14-25(3)13-18-19(22)6-4-7-20(18)23/h4,6-7,10-12H,5,9,13-14H2,1-3H3. The van der Waals surface area contributed by atoms with Crippen LogP contribution < -0.4 is 4.90 Å². The third-order valence-corrected chi connectivity index (χ3v) is 4.52. The van der Waals surface area contributed by atoms with Crippen LogP contribution in [0.2, 0.25) is 5.02 Å². The largest absolute Gasteiger partial charge is 0.310 e. The van der Waals surface area contributed by atoms with Crippen LogP contribution in [0.25, 0.3) is 0 Å². The van der Waals surface area contributed by atoms with E-state index in [0.717, 1.165) is 16.8 Å². The number of aryl methyl sites for hydroxylation is 2. The molecule has 6 heteroatoms. The molecule has 4 nitrogen and oxygen atoms in total. The lowest BCUT2D eigenvalue weighted by Crippen LogP contribution is -2.39. The van der Waals surface area contributed by atoms with Crippen LogP contribution in [0.1, 0.15) is 23.1 Å². The summed E-state index contributed by atoms with van der Waals surface area (Å²) in [5, 5.41) is 9.27. The minimum Gasteiger partial charge on any atom is -0.310 e. The molecule has 0 aliphatic carbocycles. The van der Waals surface area contributed by atoms with E-state index in [1.807, 2.05) is 32.0 Å². The molecular weight excluding hydrogens is 365 g/mol. The van der Waals surface area contributed by atoms with Gasteiger partial charge in [0.15, 0.2) is 0 Å². The van der Waals surface area contributed by atoms with Gasteiger partial charge in [-0.2, -0.15) is 5.26 Å². The molecule has 0 spiro atoms. The van der Waals surface area contributed by atoms with E-state index in [-0.39, 0.29) is 25.4 Å². The lowest BCUT2D eigenvalue weighted by atomic mass is 10.1. The van der Waals surface area contributed by atoms with E-state index in [2.05, 4.69) is 6.07 Å². The predicted octanol–water partition coefficient (Wildman–Crippen LogP) is 4.47. The molecule has 142 valence electrons. The number of hydrogen-bond acceptors (Lipinski definition) is 3. The molecule has 0 N–H and O–H groups in total. The molecule has 2 rings (SSSR count). The predicted molar refractivity (Wildman–Crippen MR) is 106 cm³/mol. The fourth-order valence-corrected chi connectivity index (χ4v) is 3.21. The monoisotopic (exact) mass is 387 g/mol. The molecule has 0 saturated carbocycles. The molecule has 2 aromatic rings. The van der Waals surface area contributed by atoms with Crippen LogP contribution in [0.15, 0.2) is 36.4 Å². The van der Waals surface area contributed by atoms with Crippen LogP contribution >= 0.6 is 11.6 Å². The van der Waals surface area contributed by atoms with Gasteiger partial charge in [-0.1, -0.05) is 23.7 Å². The van der Waals surface area contributed by atoms with Crippen molar-refractivity contribution in [1.29, 1.82) is 5.26 Å². The highest BCUT2D eigenvalue weighted by Gasteiger charge is 2.19. The summed E-state index contributed by atoms with van der Waals surface area (Å²) >= 11 is 6.07. The summed E-state index contributed by atoms with van der Waals surface area (Å²) in [4.78, 5) is 16.2. The van der Waals surface area contributed by atoms with Crippen LogP contribution in [0.5, 0.6) is 0 Å². The number of amides is 1. The van der Waals surface area contributed by atoms with Crippen molar-refractivity contribution in [2.45, 2.75) is 26.8 Å². The number of nitrogens with zero attached hydrogens (tertiary/aromatic N) is 3. The first-order valence-electron chi connectivity index (χ1n) is 8.69. The average molecular weight is 388 g/mol. The molecule has 0 fully saturated rings. The minimum absolute atomic E-state index is 0.0864. The average Bonchev–Trinajstić information content (AvgIpc) is 2.58. The van der Waals surface area contributed by atoms with Crippen molar-refractivity contribution in [2.75, 3.05) is 25.0 Å². The first-order chi connectivity index (χ1) is 12.8. The zero-order valence-corrected chi connectivity index (χ0v) is 16.6. The Hall–Kier alpha value is -2.42. The van der Waals surface area contributed by atoms with Crippen molar-refractivity contribution < 1.29 is 9.18 Å². The van der Waals surface area contributed by atoms with Gasteiger partial charge in [-0.15, -0.1) is 0 Å². The number of rotatable bonds is 7. The molecule has 2 aromatic carbocycles. The van der Waals surface area contributed by atoms with E-state index in [1.54, 1.807) is 29.0 Å². The van der Waals surface area contributed by atoms with Crippen molar-refractivity contribution in [1.82, 2.24) is 4.90 Å². The maximum atomic E-state index is 14.0. The Kier molecular flexibility index (Phi) is 7.35. The summed E-state index contributed by atoms with van der Waals surface area (Å²) in [6, 6.07) is 12.5. The summed E-state index contributed by atoms with van der Waals surface area (Å²) in [7, 11) is 1.74. The number of anilines is 1. The number of likely N-dealkylation sites (N-methyl/N-ethyl adjacent to an activating group) is 1. The van der Waals surface area contributed by atoms with Gasteiger partial charge in [0, 0.05) is 29.4 Å². The molecule has 0 saturated heterocycles. The number of carbonyl (C=O) groups excluding carboxylic acids is 1. The highest BCUT2D eigenvalue weighted by atomic mass is 35.5. The molecule has 0 aliphatic rings. The molecule has 1 amide bonds. The first-order valence-corrected chi connectivity index (χ1v) is 9.06. The fraction of sp³-hybridized carbons (Fsp3) is 0.333. The molecule has 0 aromatic heterocycles. The lowest BCUT2D eigenvalue weighted by molar-refractivity contribution is -0.119. The maximum Gasteiger partial charge on any atom is 0.241 e. The highest BCUT2D eigenvalue weighted by Crippen LogP contribution is 2.22. The molecule has 0 unspecified atom stereocenters. The quantitative estimate of drug-likeness (QED) is 0.704. The second-order valence-corrected chi connectivity index (χ2v) is 7.08. The van der Waals surface area contributed by atoms with E-state index in [0.29, 0.717) is 17.1 Å². The van der Waals surface area contributed by atoms with Gasteiger partial charge in [0.2, 0.25) is 5.91 Å². The molecule has 0 heterocycles. The van der Waals surface area contributed by atoms with Crippen molar-refractivity contribution in [3.63, 3.8) is 0 Å². The Balaban J connectivity index is 2.16. The third-order valence-electron chi connectivity index (χ3n) is 4.16. The van der Waals surface area contributed by atoms with Gasteiger partial charge in [-0.05, 0) is 56.3 Å². The van der Waals surface area contributed by atoms with Crippen LogP contribution in [-0.4, -0.2) is 30.9 Å². The van der Waals surface area contributed by atoms with Crippen LogP contribution in [0, 0.1) is 31.0 Å². The molecule has 0 radical (unpaired) electrons. The minimum atomic E-state index is -0.391. The SMILES string of the molecule is Cc1cc(C)cc(N(CCC#N)C(=O)CN(C)Cc2c(F)cccc2Cl)c1. The summed E-state index contributed by atoms with van der Waals surface area (Å²) in [6.07, 6.45) is 0.238. The van der Waals surface area contributed by atoms with E-state index < -0.39 is 5.82 Å².